The van der Waals surface area contributed by atoms with Gasteiger partial charge in [0.05, 0.1) is 31.1 Å². The van der Waals surface area contributed by atoms with Gasteiger partial charge in [-0.15, -0.1) is 0 Å². The molecule has 3 heterocycles. The van der Waals surface area contributed by atoms with Crippen molar-refractivity contribution in [1.29, 1.82) is 0 Å². The largest absolute Gasteiger partial charge is 0.506 e. The summed E-state index contributed by atoms with van der Waals surface area (Å²) in [6, 6.07) is 13.3. The van der Waals surface area contributed by atoms with E-state index in [1.165, 1.54) is 4.57 Å². The summed E-state index contributed by atoms with van der Waals surface area (Å²) in [5.41, 5.74) is 2.06. The van der Waals surface area contributed by atoms with Crippen molar-refractivity contribution in [3.63, 3.8) is 0 Å². The SMILES string of the molecule is O=C(O)CNC(=O)c1c(O)c2c(n(Cc3ccc(-c4ccccc4)nc3)c1=O)COC2. The standard InChI is InChI=1S/C22H19N3O6/c26-18(27)9-24-21(29)19-20(28)15-11-31-12-17(15)25(22(19)30)10-13-6-7-16(23-8-13)14-4-2-1-3-5-14/h1-8,28H,9-12H2,(H,24,29)(H,26,27). The number of aromatic nitrogens is 2. The quantitative estimate of drug-likeness (QED) is 0.550. The number of carbonyl (C=O) groups excluding carboxylic acids is 1. The van der Waals surface area contributed by atoms with Gasteiger partial charge in [-0.2, -0.15) is 0 Å². The molecule has 4 rings (SSSR count). The number of aromatic hydroxyl groups is 1. The summed E-state index contributed by atoms with van der Waals surface area (Å²) in [6.45, 7) is -0.390. The molecular formula is C22H19N3O6. The molecule has 9 nitrogen and oxygen atoms in total. The van der Waals surface area contributed by atoms with Crippen molar-refractivity contribution in [3.05, 3.63) is 81.4 Å². The first-order chi connectivity index (χ1) is 15.0. The van der Waals surface area contributed by atoms with E-state index < -0.39 is 35.3 Å². The first kappa shape index (κ1) is 20.3. The number of aliphatic carboxylic acids is 1. The molecule has 2 aromatic heterocycles. The van der Waals surface area contributed by atoms with Crippen LogP contribution in [-0.2, 0) is 29.3 Å². The third kappa shape index (κ3) is 4.03. The molecule has 0 spiro atoms. The van der Waals surface area contributed by atoms with Gasteiger partial charge in [0.1, 0.15) is 17.9 Å². The van der Waals surface area contributed by atoms with E-state index in [0.717, 1.165) is 16.8 Å². The molecule has 31 heavy (non-hydrogen) atoms. The van der Waals surface area contributed by atoms with Crippen molar-refractivity contribution in [3.8, 4) is 17.0 Å². The van der Waals surface area contributed by atoms with Crippen molar-refractivity contribution in [1.82, 2.24) is 14.9 Å². The zero-order valence-electron chi connectivity index (χ0n) is 16.4. The second-order valence-electron chi connectivity index (χ2n) is 7.03. The fraction of sp³-hybridized carbons (Fsp3) is 0.182. The number of carbonyl (C=O) groups is 2. The summed E-state index contributed by atoms with van der Waals surface area (Å²) in [5, 5.41) is 21.4. The van der Waals surface area contributed by atoms with Gasteiger partial charge in [-0.1, -0.05) is 36.4 Å². The highest BCUT2D eigenvalue weighted by atomic mass is 16.5. The van der Waals surface area contributed by atoms with Crippen LogP contribution in [0.4, 0.5) is 0 Å². The van der Waals surface area contributed by atoms with Gasteiger partial charge in [0.2, 0.25) is 0 Å². The van der Waals surface area contributed by atoms with E-state index in [1.54, 1.807) is 6.20 Å². The van der Waals surface area contributed by atoms with Crippen LogP contribution in [0.25, 0.3) is 11.3 Å². The average molecular weight is 421 g/mol. The minimum Gasteiger partial charge on any atom is -0.506 e. The molecule has 1 amide bonds. The zero-order chi connectivity index (χ0) is 22.0. The van der Waals surface area contributed by atoms with Crippen LogP contribution < -0.4 is 10.9 Å². The van der Waals surface area contributed by atoms with Crippen LogP contribution >= 0.6 is 0 Å². The molecule has 0 saturated carbocycles. The van der Waals surface area contributed by atoms with Crippen molar-refractivity contribution < 1.29 is 24.5 Å². The zero-order valence-corrected chi connectivity index (χ0v) is 16.4. The molecule has 3 N–H and O–H groups in total. The van der Waals surface area contributed by atoms with E-state index >= 15 is 0 Å². The Morgan fingerprint density at radius 3 is 2.58 bits per heavy atom. The number of fused-ring (bicyclic) bond motifs is 1. The number of pyridine rings is 2. The molecule has 0 atom stereocenters. The fourth-order valence-corrected chi connectivity index (χ4v) is 3.47. The number of carboxylic acid groups (broad SMARTS) is 1. The Hall–Kier alpha value is -3.98. The van der Waals surface area contributed by atoms with Crippen LogP contribution in [0.5, 0.6) is 5.75 Å². The van der Waals surface area contributed by atoms with E-state index in [2.05, 4.69) is 10.3 Å². The monoisotopic (exact) mass is 421 g/mol. The number of hydrogen-bond donors (Lipinski definition) is 3. The van der Waals surface area contributed by atoms with Crippen LogP contribution in [0.3, 0.4) is 0 Å². The molecule has 158 valence electrons. The maximum absolute atomic E-state index is 13.0. The fourth-order valence-electron chi connectivity index (χ4n) is 3.47. The lowest BCUT2D eigenvalue weighted by Gasteiger charge is -2.15. The lowest BCUT2D eigenvalue weighted by atomic mass is 10.1. The Kier molecular flexibility index (Phi) is 5.50. The average Bonchev–Trinajstić information content (AvgIpc) is 3.26. The van der Waals surface area contributed by atoms with Gasteiger partial charge in [-0.25, -0.2) is 0 Å². The molecule has 1 aliphatic rings. The number of benzene rings is 1. The molecule has 0 saturated heterocycles. The number of amides is 1. The highest BCUT2D eigenvalue weighted by Gasteiger charge is 2.29. The van der Waals surface area contributed by atoms with Crippen LogP contribution in [0.15, 0.2) is 53.5 Å². The normalized spacial score (nSPS) is 12.4. The molecule has 0 bridgehead atoms. The topological polar surface area (TPSA) is 131 Å². The summed E-state index contributed by atoms with van der Waals surface area (Å²) < 4.78 is 6.74. The van der Waals surface area contributed by atoms with Crippen LogP contribution in [-0.4, -0.2) is 38.2 Å². The number of ether oxygens (including phenoxy) is 1. The van der Waals surface area contributed by atoms with Crippen LogP contribution in [0, 0.1) is 0 Å². The van der Waals surface area contributed by atoms with Gasteiger partial charge in [0, 0.05) is 17.3 Å². The van der Waals surface area contributed by atoms with E-state index in [0.29, 0.717) is 11.3 Å². The number of hydrogen-bond acceptors (Lipinski definition) is 6. The van der Waals surface area contributed by atoms with Crippen molar-refractivity contribution in [2.24, 2.45) is 0 Å². The molecule has 0 fully saturated rings. The highest BCUT2D eigenvalue weighted by molar-refractivity contribution is 5.98. The van der Waals surface area contributed by atoms with Gasteiger partial charge in [-0.05, 0) is 11.6 Å². The first-order valence-electron chi connectivity index (χ1n) is 9.51. The Bertz CT molecular complexity index is 1200. The molecule has 0 unspecified atom stereocenters. The van der Waals surface area contributed by atoms with Gasteiger partial charge in [0.15, 0.2) is 0 Å². The van der Waals surface area contributed by atoms with Gasteiger partial charge < -0.3 is 24.8 Å². The predicted molar refractivity (Wildman–Crippen MR) is 110 cm³/mol. The van der Waals surface area contributed by atoms with Gasteiger partial charge in [0.25, 0.3) is 11.5 Å². The van der Waals surface area contributed by atoms with Gasteiger partial charge >= 0.3 is 5.97 Å². The predicted octanol–water partition coefficient (Wildman–Crippen LogP) is 1.51. The summed E-state index contributed by atoms with van der Waals surface area (Å²) >= 11 is 0. The molecule has 1 aliphatic heterocycles. The minimum absolute atomic E-state index is 0.0475. The Morgan fingerprint density at radius 1 is 1.13 bits per heavy atom. The molecule has 0 radical (unpaired) electrons. The second kappa shape index (κ2) is 8.41. The number of rotatable bonds is 6. The van der Waals surface area contributed by atoms with E-state index in [1.807, 2.05) is 42.5 Å². The van der Waals surface area contributed by atoms with Crippen LogP contribution in [0.2, 0.25) is 0 Å². The summed E-state index contributed by atoms with van der Waals surface area (Å²) in [5.74, 6) is -2.69. The molecular weight excluding hydrogens is 402 g/mol. The second-order valence-corrected chi connectivity index (χ2v) is 7.03. The number of nitrogens with zero attached hydrogens (tertiary/aromatic N) is 2. The Balaban J connectivity index is 1.69. The number of nitrogens with one attached hydrogen (secondary N) is 1. The smallest absolute Gasteiger partial charge is 0.322 e. The number of carboxylic acids is 1. The summed E-state index contributed by atoms with van der Waals surface area (Å²) in [7, 11) is 0. The molecule has 0 aliphatic carbocycles. The molecule has 1 aromatic carbocycles. The van der Waals surface area contributed by atoms with Crippen molar-refractivity contribution in [2.45, 2.75) is 19.8 Å². The Labute approximate surface area is 176 Å². The van der Waals surface area contributed by atoms with Crippen LogP contribution in [0.1, 0.15) is 27.2 Å². The van der Waals surface area contributed by atoms with E-state index in [9.17, 15) is 19.5 Å². The van der Waals surface area contributed by atoms with Crippen molar-refractivity contribution in [2.75, 3.05) is 6.54 Å². The maximum Gasteiger partial charge on any atom is 0.322 e. The Morgan fingerprint density at radius 2 is 1.90 bits per heavy atom. The summed E-state index contributed by atoms with van der Waals surface area (Å²) in [4.78, 5) is 40.6. The van der Waals surface area contributed by atoms with Gasteiger partial charge in [-0.3, -0.25) is 19.4 Å². The minimum atomic E-state index is -1.26. The van der Waals surface area contributed by atoms with E-state index in [4.69, 9.17) is 9.84 Å². The van der Waals surface area contributed by atoms with E-state index in [-0.39, 0.29) is 19.8 Å². The third-order valence-corrected chi connectivity index (χ3v) is 5.00. The molecule has 9 heteroatoms. The first-order valence-corrected chi connectivity index (χ1v) is 9.51. The maximum atomic E-state index is 13.0. The summed E-state index contributed by atoms with van der Waals surface area (Å²) in [6.07, 6.45) is 1.65. The lowest BCUT2D eigenvalue weighted by Crippen LogP contribution is -2.37. The lowest BCUT2D eigenvalue weighted by molar-refractivity contribution is -0.135. The van der Waals surface area contributed by atoms with Crippen molar-refractivity contribution >= 4 is 11.9 Å². The highest BCUT2D eigenvalue weighted by Crippen LogP contribution is 2.30. The third-order valence-electron chi connectivity index (χ3n) is 5.00. The molecule has 3 aromatic rings.